The number of nitrogens with two attached hydrogens (primary N) is 3. The number of carboxylic acids is 1. The predicted molar refractivity (Wildman–Crippen MR) is 477 cm³/mol. The maximum atomic E-state index is 15.6. The van der Waals surface area contributed by atoms with Crippen LogP contribution in [-0.4, -0.2) is 299 Å². The van der Waals surface area contributed by atoms with Gasteiger partial charge in [0.05, 0.1) is 38.5 Å². The van der Waals surface area contributed by atoms with Gasteiger partial charge in [-0.2, -0.15) is 0 Å². The quantitative estimate of drug-likeness (QED) is 0.0191. The van der Waals surface area contributed by atoms with Crippen molar-refractivity contribution in [2.45, 2.75) is 185 Å². The third-order valence-corrected chi connectivity index (χ3v) is 23.4. The molecule has 0 spiro atoms. The van der Waals surface area contributed by atoms with Crippen LogP contribution in [0.1, 0.15) is 110 Å². The highest BCUT2D eigenvalue weighted by Gasteiger charge is 2.44. The van der Waals surface area contributed by atoms with E-state index >= 15 is 14.4 Å². The molecular formula is C87H123N23O18S. The number of hydrogen-bond acceptors (Lipinski definition) is 22. The maximum Gasteiger partial charge on any atom is 0.305 e. The smallest absolute Gasteiger partial charge is 0.305 e. The maximum absolute atomic E-state index is 15.6. The van der Waals surface area contributed by atoms with E-state index in [2.05, 4.69) is 74.1 Å². The Labute approximate surface area is 752 Å². The first-order chi connectivity index (χ1) is 61.4. The molecule has 22 N–H and O–H groups in total. The Bertz CT molecular complexity index is 4610. The second-order valence-corrected chi connectivity index (χ2v) is 34.4. The largest absolute Gasteiger partial charge is 0.481 e. The molecule has 0 radical (unpaired) electrons. The van der Waals surface area contributed by atoms with Gasteiger partial charge in [-0.05, 0) is 115 Å². The normalized spacial score (nSPS) is 24.0. The highest BCUT2D eigenvalue weighted by atomic mass is 32.2. The Kier molecular flexibility index (Phi) is 39.4. The summed E-state index contributed by atoms with van der Waals surface area (Å²) in [4.78, 5) is 242. The standard InChI is InChI=1S/C87H123N23O18S/c1-49(2)71-83(125)103-64(74(116)96-44-67(88)111)47-129-48-68(112)97-63(45-108-37-39-128-40-38-108)79(121)100-60(41-52-21-25-55(26-22-52)54-15-9-8-10-16-54)77(119)102-62(42-53-23-27-56(28-24-53)57-29-33-93-34-30-57)84(126)107(7)46-69(113)109-35-13-19-65(109)80(122)101-61(43-70(114)115)78(120)98-58(17-11-31-94-86(89)90)76(118)106-73(51(5)6)85(127)110-36-14-20-66(110)81(123)105-72(50(3)4)82(124)99-59(75(117)104-71)18-12-32-95-87(91)92/h8-10,15-16,21-30,33-34,49-51,58-66,71-73H,11-14,17-20,31-32,35-48H2,1-7H3,(H2,88,111)(H,96,116)(H,97,112)(H,98,120)(H,99,124)(H,100,121)(H,101,122)(H,102,119)(H,103,125)(H,104,117)(H,105,123)(H,106,118)(H,114,115)(H4,89,90,94)(H4,91,92,95)/t58-,59-,60-,61-,62-,63-,64-,65-,66-,71-,72-,73-/m0/s1. The van der Waals surface area contributed by atoms with Gasteiger partial charge in [0.25, 0.3) is 0 Å². The fraction of sp³-hybridized carbons (Fsp3) is 0.529. The number of nitrogens with one attached hydrogen (secondary N) is 15. The Balaban J connectivity index is 1.18. The lowest BCUT2D eigenvalue weighted by atomic mass is 9.98. The van der Waals surface area contributed by atoms with Crippen LogP contribution in [0.5, 0.6) is 0 Å². The molecular weight excluding hydrogens is 1690 g/mol. The summed E-state index contributed by atoms with van der Waals surface area (Å²) in [6.07, 6.45) is 2.09. The topological polar surface area (TPSA) is 611 Å². The molecule has 8 rings (SSSR count). The fourth-order valence-corrected chi connectivity index (χ4v) is 16.2. The van der Waals surface area contributed by atoms with E-state index in [9.17, 15) is 67.4 Å². The molecule has 15 amide bonds. The minimum absolute atomic E-state index is 0.000442. The van der Waals surface area contributed by atoms with Crippen molar-refractivity contribution in [3.8, 4) is 22.3 Å². The van der Waals surface area contributed by atoms with Crippen molar-refractivity contribution in [3.63, 3.8) is 0 Å². The van der Waals surface area contributed by atoms with Crippen LogP contribution in [0.25, 0.3) is 22.3 Å². The zero-order chi connectivity index (χ0) is 94.1. The van der Waals surface area contributed by atoms with Crippen LogP contribution in [-0.2, 0) is 94.3 Å². The van der Waals surface area contributed by atoms with Crippen LogP contribution in [0.2, 0.25) is 0 Å². The lowest BCUT2D eigenvalue weighted by Gasteiger charge is -2.33. The molecule has 5 heterocycles. The third-order valence-electron chi connectivity index (χ3n) is 22.4. The number of benzene rings is 3. The summed E-state index contributed by atoms with van der Waals surface area (Å²) >= 11 is 0.827. The number of amides is 15. The summed E-state index contributed by atoms with van der Waals surface area (Å²) in [7, 11) is 1.31. The zero-order valence-electron chi connectivity index (χ0n) is 73.7. The number of guanidine groups is 2. The number of thioether (sulfide) groups is 1. The van der Waals surface area contributed by atoms with Gasteiger partial charge in [0, 0.05) is 83.8 Å². The molecule has 41 nitrogen and oxygen atoms in total. The van der Waals surface area contributed by atoms with Crippen molar-refractivity contribution in [2.24, 2.45) is 35.0 Å². The fourth-order valence-electron chi connectivity index (χ4n) is 15.3. The van der Waals surface area contributed by atoms with Crippen molar-refractivity contribution in [1.82, 2.24) is 93.7 Å². The Morgan fingerprint density at radius 1 is 0.504 bits per heavy atom. The first-order valence-electron chi connectivity index (χ1n) is 43.3. The first-order valence-corrected chi connectivity index (χ1v) is 44.4. The molecule has 0 saturated carbocycles. The van der Waals surface area contributed by atoms with Crippen molar-refractivity contribution in [3.05, 3.63) is 115 Å². The number of aromatic nitrogens is 1. The van der Waals surface area contributed by atoms with Gasteiger partial charge in [0.15, 0.2) is 11.9 Å². The van der Waals surface area contributed by atoms with E-state index in [-0.39, 0.29) is 116 Å². The average Bonchev–Trinajstić information content (AvgIpc) is 1.74. The number of morpholine rings is 1. The number of carbonyl (C=O) groups excluding carboxylic acids is 15. The van der Waals surface area contributed by atoms with E-state index in [1.807, 2.05) is 47.4 Å². The monoisotopic (exact) mass is 1810 g/mol. The molecule has 0 aliphatic carbocycles. The van der Waals surface area contributed by atoms with Gasteiger partial charge in [-0.1, -0.05) is 120 Å². The molecule has 700 valence electrons. The number of pyridine rings is 1. The summed E-state index contributed by atoms with van der Waals surface area (Å²) in [5.41, 5.74) is 21.0. The number of aliphatic carboxylic acids is 1. The van der Waals surface area contributed by atoms with E-state index in [0.29, 0.717) is 24.2 Å². The van der Waals surface area contributed by atoms with Gasteiger partial charge in [-0.25, -0.2) is 0 Å². The second kappa shape index (κ2) is 50.0. The molecule has 4 saturated heterocycles. The van der Waals surface area contributed by atoms with Crippen LogP contribution in [0.15, 0.2) is 103 Å². The van der Waals surface area contributed by atoms with Gasteiger partial charge in [0.2, 0.25) is 88.6 Å². The second-order valence-electron chi connectivity index (χ2n) is 33.4. The van der Waals surface area contributed by atoms with Gasteiger partial charge < -0.3 is 111 Å². The van der Waals surface area contributed by atoms with Crippen molar-refractivity contribution < 1.29 is 86.6 Å². The summed E-state index contributed by atoms with van der Waals surface area (Å²) in [5, 5.41) is 60.4. The van der Waals surface area contributed by atoms with Gasteiger partial charge in [-0.3, -0.25) is 97.4 Å². The number of fused-ring (bicyclic) bond motifs is 2. The lowest BCUT2D eigenvalue weighted by Crippen LogP contribution is -2.62. The molecule has 4 fully saturated rings. The van der Waals surface area contributed by atoms with Gasteiger partial charge in [-0.15, -0.1) is 11.8 Å². The summed E-state index contributed by atoms with van der Waals surface area (Å²) in [5.74, 6) is -18.8. The average molecular weight is 1810 g/mol. The number of carbonyl (C=O) groups is 16. The number of primary amides is 1. The van der Waals surface area contributed by atoms with Crippen LogP contribution in [0, 0.1) is 28.6 Å². The molecule has 4 aliphatic rings. The number of rotatable bonds is 24. The van der Waals surface area contributed by atoms with Crippen LogP contribution >= 0.6 is 11.8 Å². The van der Waals surface area contributed by atoms with Crippen LogP contribution < -0.4 is 86.3 Å². The highest BCUT2D eigenvalue weighted by molar-refractivity contribution is 8.00. The van der Waals surface area contributed by atoms with E-state index in [4.69, 9.17) is 32.8 Å². The number of nitrogens with zero attached hydrogens (tertiary/aromatic N) is 5. The zero-order valence-corrected chi connectivity index (χ0v) is 74.5. The minimum atomic E-state index is -1.91. The SMILES string of the molecule is CC(C)[C@@H]1NC(=O)[C@H](CCCNC(=N)N)NC(=O)[C@H](C(C)C)NC(=O)[C@@H]2CCCN2C(=O)[C@H](C(C)C)NC(=O)[C@H](CCCNC(=N)N)NC(=O)[C@H](CC(=O)O)NC(=O)[C@@H]2CCCN2C(=O)CN(C)C(=O)[C@H](Cc2ccc(-c3ccncc3)cc2)NC(=O)[C@H](Cc2ccc(-c3ccccc3)cc2)NC(=O)[C@H](CN2CCOCC2)NC(=O)CSC[C@@H](C(=O)NCC(N)=O)NC1=O. The molecule has 129 heavy (non-hydrogen) atoms. The molecule has 3 aromatic carbocycles. The summed E-state index contributed by atoms with van der Waals surface area (Å²) in [6.45, 7) is 9.17. The first kappa shape index (κ1) is 102. The summed E-state index contributed by atoms with van der Waals surface area (Å²) < 4.78 is 5.63. The molecule has 4 aromatic rings. The van der Waals surface area contributed by atoms with E-state index in [0.717, 1.165) is 38.9 Å². The number of ether oxygens (including phenoxy) is 1. The highest BCUT2D eigenvalue weighted by Crippen LogP contribution is 2.26. The predicted octanol–water partition coefficient (Wildman–Crippen LogP) is -2.86. The Morgan fingerprint density at radius 2 is 0.953 bits per heavy atom. The Morgan fingerprint density at radius 3 is 1.50 bits per heavy atom. The third kappa shape index (κ3) is 31.5. The van der Waals surface area contributed by atoms with Crippen LogP contribution in [0.3, 0.4) is 0 Å². The van der Waals surface area contributed by atoms with Crippen molar-refractivity contribution >= 4 is 118 Å². The number of carboxylic acid groups (broad SMARTS) is 1. The van der Waals surface area contributed by atoms with E-state index in [1.54, 1.807) is 102 Å². The van der Waals surface area contributed by atoms with E-state index in [1.165, 1.54) is 16.8 Å². The number of hydrogen-bond donors (Lipinski definition) is 19. The molecule has 0 bridgehead atoms. The Hall–Kier alpha value is -12.9. The lowest BCUT2D eigenvalue weighted by molar-refractivity contribution is -0.145. The molecule has 12 atom stereocenters. The van der Waals surface area contributed by atoms with Gasteiger partial charge in [0.1, 0.15) is 72.5 Å². The summed E-state index contributed by atoms with van der Waals surface area (Å²) in [6, 6.07) is 9.45. The molecule has 4 aliphatic heterocycles. The van der Waals surface area contributed by atoms with Crippen LogP contribution in [0.4, 0.5) is 0 Å². The molecule has 42 heteroatoms. The minimum Gasteiger partial charge on any atom is -0.481 e. The van der Waals surface area contributed by atoms with Gasteiger partial charge >= 0.3 is 5.97 Å². The van der Waals surface area contributed by atoms with Crippen molar-refractivity contribution in [1.29, 1.82) is 10.8 Å². The van der Waals surface area contributed by atoms with Crippen molar-refractivity contribution in [2.75, 3.05) is 90.7 Å². The molecule has 1 aromatic heterocycles. The van der Waals surface area contributed by atoms with E-state index < -0.39 is 222 Å². The molecule has 0 unspecified atom stereocenters. The number of likely N-dealkylation sites (N-methyl/N-ethyl adjacent to an activating group) is 1.